The van der Waals surface area contributed by atoms with Crippen LogP contribution in [0, 0.1) is 23.7 Å². The minimum atomic E-state index is -1.20. The summed E-state index contributed by atoms with van der Waals surface area (Å²) in [6, 6.07) is 1.11. The molecular weight excluding hydrogens is 1140 g/mol. The highest BCUT2D eigenvalue weighted by atomic mass is 32.1. The van der Waals surface area contributed by atoms with E-state index in [1.165, 1.54) is 31.5 Å². The zero-order chi connectivity index (χ0) is 64.5. The van der Waals surface area contributed by atoms with Gasteiger partial charge in [0.05, 0.1) is 12.0 Å². The number of piperidine rings is 1. The van der Waals surface area contributed by atoms with Gasteiger partial charge in [0.2, 0.25) is 29.5 Å². The Hall–Kier alpha value is -7.48. The molecule has 482 valence electrons. The number of carboxylic acids is 1. The second kappa shape index (κ2) is 36.0. The van der Waals surface area contributed by atoms with Gasteiger partial charge in [-0.25, -0.2) is 14.6 Å². The lowest BCUT2D eigenvalue weighted by molar-refractivity contribution is -0.143. The zero-order valence-electron chi connectivity index (χ0n) is 52.2. The zero-order valence-corrected chi connectivity index (χ0v) is 53.1. The van der Waals surface area contributed by atoms with Gasteiger partial charge in [0.15, 0.2) is 6.10 Å². The molecule has 11 amide bonds. The number of anilines is 1. The molecule has 26 heteroatoms. The van der Waals surface area contributed by atoms with Gasteiger partial charge in [-0.15, -0.1) is 11.3 Å². The molecule has 3 heterocycles. The first kappa shape index (κ1) is 72.0. The third kappa shape index (κ3) is 22.6. The van der Waals surface area contributed by atoms with Gasteiger partial charge in [-0.3, -0.25) is 53.0 Å². The van der Waals surface area contributed by atoms with Gasteiger partial charge in [-0.2, -0.15) is 0 Å². The number of benzene rings is 1. The number of urea groups is 1. The number of carbonyl (C=O) groups is 11. The Morgan fingerprint density at radius 3 is 2.17 bits per heavy atom. The van der Waals surface area contributed by atoms with Gasteiger partial charge in [-0.05, 0) is 101 Å². The Bertz CT molecular complexity index is 2700. The van der Waals surface area contributed by atoms with Crippen molar-refractivity contribution in [1.82, 2.24) is 51.6 Å². The van der Waals surface area contributed by atoms with Crippen molar-refractivity contribution in [2.75, 3.05) is 45.6 Å². The van der Waals surface area contributed by atoms with Crippen LogP contribution in [0.25, 0.3) is 0 Å². The SMILES string of the molecule is CCCN(C(=O)C(NC(=O)C1CCCCN1C)C(C)CC)C(CC(OC(=O)NC)c1nc(C(=O)NC(Cc2ccccc2NC(=O)C(CCCNC(N)=O)NC(=O)C(NC(=O)CCCCCN2C(=O)C=CC2=O)C(C)C)CC(C)C(=O)O)cs1)C(C)C. The Labute approximate surface area is 515 Å². The molecule has 2 aromatic rings. The smallest absolute Gasteiger partial charge is 0.407 e. The number of rotatable bonds is 36. The number of unbranched alkanes of at least 4 members (excludes halogenated alkanes) is 2. The highest BCUT2D eigenvalue weighted by Gasteiger charge is 2.39. The van der Waals surface area contributed by atoms with Gasteiger partial charge in [-0.1, -0.05) is 92.9 Å². The molecule has 2 aliphatic rings. The van der Waals surface area contributed by atoms with E-state index >= 15 is 0 Å². The molecular formula is C61H94N12O13S. The van der Waals surface area contributed by atoms with E-state index in [1.807, 2.05) is 46.6 Å². The van der Waals surface area contributed by atoms with Crippen LogP contribution in [-0.2, 0) is 49.5 Å². The van der Waals surface area contributed by atoms with Crippen molar-refractivity contribution >= 4 is 82.4 Å². The Balaban J connectivity index is 1.55. The number of carboxylic acid groups (broad SMARTS) is 1. The number of hydrogen-bond acceptors (Lipinski definition) is 15. The summed E-state index contributed by atoms with van der Waals surface area (Å²) in [5, 5.41) is 31.3. The van der Waals surface area contributed by atoms with Crippen LogP contribution in [0.4, 0.5) is 15.3 Å². The number of alkyl carbamates (subject to hydrolysis) is 1. The molecule has 87 heavy (non-hydrogen) atoms. The Kier molecular flexibility index (Phi) is 29.8. The topological polar surface area (TPSA) is 350 Å². The minimum absolute atomic E-state index is 0.0127. The fourth-order valence-corrected chi connectivity index (χ4v) is 11.4. The van der Waals surface area contributed by atoms with Gasteiger partial charge < -0.3 is 57.7 Å². The van der Waals surface area contributed by atoms with Crippen LogP contribution < -0.4 is 43.0 Å². The summed E-state index contributed by atoms with van der Waals surface area (Å²) in [7, 11) is 3.33. The molecule has 0 aliphatic carbocycles. The molecule has 2 aliphatic heterocycles. The van der Waals surface area contributed by atoms with Crippen molar-refractivity contribution in [1.29, 1.82) is 0 Å². The molecule has 1 aromatic carbocycles. The van der Waals surface area contributed by atoms with Crippen molar-refractivity contribution in [2.45, 2.75) is 188 Å². The number of ether oxygens (including phenoxy) is 1. The van der Waals surface area contributed by atoms with Crippen LogP contribution in [0.5, 0.6) is 0 Å². The number of likely N-dealkylation sites (tertiary alicyclic amines) is 1. The maximum absolute atomic E-state index is 14.9. The number of nitrogens with one attached hydrogen (secondary N) is 7. The highest BCUT2D eigenvalue weighted by Crippen LogP contribution is 2.32. The number of para-hydroxylation sites is 1. The predicted molar refractivity (Wildman–Crippen MR) is 329 cm³/mol. The quantitative estimate of drug-likeness (QED) is 0.0314. The average molecular weight is 1240 g/mol. The number of carbonyl (C=O) groups excluding carboxylic acids is 10. The number of hydrogen-bond donors (Lipinski definition) is 9. The molecule has 1 aromatic heterocycles. The summed E-state index contributed by atoms with van der Waals surface area (Å²) in [5.41, 5.74) is 6.03. The summed E-state index contributed by atoms with van der Waals surface area (Å²) in [4.78, 5) is 155. The molecule has 0 spiro atoms. The van der Waals surface area contributed by atoms with Gasteiger partial charge >= 0.3 is 18.1 Å². The van der Waals surface area contributed by atoms with Crippen molar-refractivity contribution in [3.8, 4) is 0 Å². The second-order valence-corrected chi connectivity index (χ2v) is 24.3. The van der Waals surface area contributed by atoms with Crippen LogP contribution in [0.2, 0.25) is 0 Å². The molecule has 10 N–H and O–H groups in total. The van der Waals surface area contributed by atoms with Crippen LogP contribution >= 0.6 is 11.3 Å². The normalized spacial score (nSPS) is 17.0. The molecule has 9 atom stereocenters. The van der Waals surface area contributed by atoms with E-state index in [2.05, 4.69) is 42.2 Å². The summed E-state index contributed by atoms with van der Waals surface area (Å²) < 4.78 is 5.96. The molecule has 1 fully saturated rings. The second-order valence-electron chi connectivity index (χ2n) is 23.4. The number of aliphatic carboxylic acids is 1. The molecule has 4 rings (SSSR count). The molecule has 0 bridgehead atoms. The minimum Gasteiger partial charge on any atom is -0.481 e. The number of primary amides is 1. The van der Waals surface area contributed by atoms with E-state index in [4.69, 9.17) is 10.5 Å². The number of aromatic nitrogens is 1. The van der Waals surface area contributed by atoms with E-state index < -0.39 is 89.9 Å². The van der Waals surface area contributed by atoms with E-state index in [9.17, 15) is 57.8 Å². The summed E-state index contributed by atoms with van der Waals surface area (Å²) >= 11 is 1.07. The summed E-state index contributed by atoms with van der Waals surface area (Å²) in [6.07, 6.45) is 6.23. The Morgan fingerprint density at radius 2 is 1.55 bits per heavy atom. The maximum Gasteiger partial charge on any atom is 0.407 e. The largest absolute Gasteiger partial charge is 0.481 e. The van der Waals surface area contributed by atoms with Gasteiger partial charge in [0, 0.05) is 74.8 Å². The third-order valence-electron chi connectivity index (χ3n) is 15.9. The van der Waals surface area contributed by atoms with Crippen molar-refractivity contribution in [2.24, 2.45) is 29.4 Å². The van der Waals surface area contributed by atoms with E-state index in [0.29, 0.717) is 50.6 Å². The summed E-state index contributed by atoms with van der Waals surface area (Å²) in [6.45, 7) is 16.2. The van der Waals surface area contributed by atoms with E-state index in [0.717, 1.165) is 35.6 Å². The number of amides is 11. The maximum atomic E-state index is 14.9. The van der Waals surface area contributed by atoms with E-state index in [1.54, 1.807) is 43.0 Å². The van der Waals surface area contributed by atoms with Crippen LogP contribution in [-0.4, -0.2) is 167 Å². The number of thiazole rings is 1. The molecule has 0 radical (unpaired) electrons. The summed E-state index contributed by atoms with van der Waals surface area (Å²) in [5.74, 6) is -6.42. The highest BCUT2D eigenvalue weighted by molar-refractivity contribution is 7.09. The first-order valence-corrected chi connectivity index (χ1v) is 31.4. The van der Waals surface area contributed by atoms with Crippen molar-refractivity contribution in [3.63, 3.8) is 0 Å². The number of imide groups is 1. The Morgan fingerprint density at radius 1 is 0.851 bits per heavy atom. The number of likely N-dealkylation sites (N-methyl/N-ethyl adjacent to an activating group) is 1. The first-order valence-electron chi connectivity index (χ1n) is 30.5. The van der Waals surface area contributed by atoms with E-state index in [-0.39, 0.29) is 110 Å². The molecule has 0 saturated carbocycles. The number of nitrogens with two attached hydrogens (primary N) is 1. The standard InChI is InChI=1S/C61H94N12O13S/c1-11-29-72(58(81)52(38(7)12-2)70-55(79)45-24-17-19-30-71(45)10)46(36(3)4)34-47(86-61(85)63-9)57-68-44(35-87-57)54(78)65-41(32-39(8)59(82)83)33-40-21-15-16-22-42(40)66-53(77)43(23-20-28-64-60(62)84)67-56(80)51(37(5)6)69-48(74)25-14-13-18-31-73-49(75)26-27-50(73)76/h15-16,21-22,26-27,35-39,41,43,45-47,51-52H,11-14,17-20,23-25,28-34H2,1-10H3,(H,63,85)(H,65,78)(H,66,77)(H,67,80)(H,69,74)(H,70,79)(H,82,83)(H3,62,64,84). The molecule has 1 saturated heterocycles. The molecule has 9 unspecified atom stereocenters. The third-order valence-corrected chi connectivity index (χ3v) is 16.8. The lowest BCUT2D eigenvalue weighted by atomic mass is 9.92. The fourth-order valence-electron chi connectivity index (χ4n) is 10.6. The number of nitrogens with zero attached hydrogens (tertiary/aromatic N) is 4. The van der Waals surface area contributed by atoms with Gasteiger partial charge in [0.1, 0.15) is 28.8 Å². The van der Waals surface area contributed by atoms with Gasteiger partial charge in [0.25, 0.3) is 17.7 Å². The van der Waals surface area contributed by atoms with Crippen LogP contribution in [0.1, 0.15) is 166 Å². The monoisotopic (exact) mass is 1230 g/mol. The first-order chi connectivity index (χ1) is 41.3. The average Bonchev–Trinajstić information content (AvgIpc) is 3.08. The lowest BCUT2D eigenvalue weighted by Gasteiger charge is -2.40. The van der Waals surface area contributed by atoms with Crippen LogP contribution in [0.15, 0.2) is 41.8 Å². The predicted octanol–water partition coefficient (Wildman–Crippen LogP) is 5.16. The fraction of sp³-hybridized carbons (Fsp3) is 0.639. The van der Waals surface area contributed by atoms with Crippen molar-refractivity contribution in [3.05, 3.63) is 58.1 Å². The lowest BCUT2D eigenvalue weighted by Crippen LogP contribution is -2.58. The van der Waals surface area contributed by atoms with Crippen molar-refractivity contribution < 1.29 is 62.6 Å². The van der Waals surface area contributed by atoms with Crippen LogP contribution in [0.3, 0.4) is 0 Å². The molecule has 25 nitrogen and oxygen atoms in total.